The predicted molar refractivity (Wildman–Crippen MR) is 118 cm³/mol. The van der Waals surface area contributed by atoms with Gasteiger partial charge in [0.15, 0.2) is 5.96 Å². The Morgan fingerprint density at radius 3 is 2.73 bits per heavy atom. The van der Waals surface area contributed by atoms with E-state index in [1.807, 2.05) is 12.1 Å². The van der Waals surface area contributed by atoms with Gasteiger partial charge in [0.05, 0.1) is 19.8 Å². The number of ether oxygens (including phenoxy) is 2. The van der Waals surface area contributed by atoms with Gasteiger partial charge in [-0.15, -0.1) is 24.0 Å². The van der Waals surface area contributed by atoms with Crippen molar-refractivity contribution >= 4 is 29.9 Å². The number of nitrogens with one attached hydrogen (secondary N) is 2. The summed E-state index contributed by atoms with van der Waals surface area (Å²) in [6, 6.07) is 8.99. The molecule has 0 aromatic heterocycles. The van der Waals surface area contributed by atoms with E-state index in [9.17, 15) is 0 Å². The van der Waals surface area contributed by atoms with Gasteiger partial charge in [0.1, 0.15) is 12.4 Å². The number of aliphatic imine (C=N–C) groups is 1. The van der Waals surface area contributed by atoms with E-state index >= 15 is 0 Å². The Bertz CT molecular complexity index is 539. The number of halogens is 1. The first kappa shape index (κ1) is 23.0. The first-order valence-electron chi connectivity index (χ1n) is 9.07. The molecule has 148 valence electrons. The molecule has 0 bridgehead atoms. The van der Waals surface area contributed by atoms with Crippen LogP contribution in [-0.2, 0) is 4.74 Å². The molecule has 0 spiro atoms. The van der Waals surface area contributed by atoms with Crippen LogP contribution in [0.15, 0.2) is 29.3 Å². The van der Waals surface area contributed by atoms with Crippen molar-refractivity contribution in [3.8, 4) is 5.75 Å². The Morgan fingerprint density at radius 1 is 1.35 bits per heavy atom. The first-order valence-corrected chi connectivity index (χ1v) is 9.07. The quantitative estimate of drug-likeness (QED) is 0.274. The van der Waals surface area contributed by atoms with Gasteiger partial charge >= 0.3 is 0 Å². The minimum atomic E-state index is 0. The zero-order valence-electron chi connectivity index (χ0n) is 16.3. The summed E-state index contributed by atoms with van der Waals surface area (Å²) in [4.78, 5) is 6.75. The second-order valence-corrected chi connectivity index (χ2v) is 6.55. The van der Waals surface area contributed by atoms with Crippen molar-refractivity contribution in [3.63, 3.8) is 0 Å². The highest BCUT2D eigenvalue weighted by Crippen LogP contribution is 2.11. The van der Waals surface area contributed by atoms with E-state index in [4.69, 9.17) is 9.47 Å². The van der Waals surface area contributed by atoms with E-state index in [-0.39, 0.29) is 24.0 Å². The topological polar surface area (TPSA) is 58.1 Å². The molecule has 0 saturated carbocycles. The third-order valence-electron chi connectivity index (χ3n) is 4.46. The Morgan fingerprint density at radius 2 is 2.08 bits per heavy atom. The Labute approximate surface area is 174 Å². The lowest BCUT2D eigenvalue weighted by Crippen LogP contribution is -2.53. The molecule has 7 heteroatoms. The average molecular weight is 476 g/mol. The molecule has 0 aliphatic carbocycles. The molecular formula is C19H33IN4O2. The van der Waals surface area contributed by atoms with Gasteiger partial charge in [-0.2, -0.15) is 0 Å². The van der Waals surface area contributed by atoms with Crippen LogP contribution in [0.3, 0.4) is 0 Å². The van der Waals surface area contributed by atoms with Crippen LogP contribution < -0.4 is 15.4 Å². The largest absolute Gasteiger partial charge is 0.492 e. The van der Waals surface area contributed by atoms with E-state index in [1.165, 1.54) is 5.56 Å². The highest BCUT2D eigenvalue weighted by atomic mass is 127. The molecule has 0 radical (unpaired) electrons. The lowest BCUT2D eigenvalue weighted by atomic mass is 10.2. The molecule has 6 nitrogen and oxygen atoms in total. The summed E-state index contributed by atoms with van der Waals surface area (Å²) in [5.74, 6) is 1.70. The highest BCUT2D eigenvalue weighted by molar-refractivity contribution is 14.0. The minimum Gasteiger partial charge on any atom is -0.492 e. The molecule has 1 saturated heterocycles. The molecule has 2 atom stereocenters. The molecular weight excluding hydrogens is 443 g/mol. The fraction of sp³-hybridized carbons (Fsp3) is 0.632. The van der Waals surface area contributed by atoms with Gasteiger partial charge in [0, 0.05) is 32.2 Å². The van der Waals surface area contributed by atoms with Crippen LogP contribution >= 0.6 is 24.0 Å². The van der Waals surface area contributed by atoms with Crippen LogP contribution in [0, 0.1) is 6.92 Å². The SMILES string of the molecule is CN=C(NCCOc1ccc(C)cc1)NCC(C)N1CCOCC1C.I. The summed E-state index contributed by atoms with van der Waals surface area (Å²) in [7, 11) is 1.79. The third kappa shape index (κ3) is 7.67. The lowest BCUT2D eigenvalue weighted by molar-refractivity contribution is -0.0174. The molecule has 2 rings (SSSR count). The number of morpholine rings is 1. The standard InChI is InChI=1S/C19H32N4O2.HI/c1-15-5-7-18(8-6-15)25-11-9-21-19(20-4)22-13-16(2)23-10-12-24-14-17(23)3;/h5-8,16-17H,9-14H2,1-4H3,(H2,20,21,22);1H. The maximum Gasteiger partial charge on any atom is 0.191 e. The Kier molecular flexibility index (Phi) is 10.9. The fourth-order valence-corrected chi connectivity index (χ4v) is 2.95. The normalized spacial score (nSPS) is 19.4. The van der Waals surface area contributed by atoms with E-state index in [1.54, 1.807) is 7.05 Å². The highest BCUT2D eigenvalue weighted by Gasteiger charge is 2.23. The minimum absolute atomic E-state index is 0. The molecule has 1 heterocycles. The van der Waals surface area contributed by atoms with Gasteiger partial charge in [-0.3, -0.25) is 9.89 Å². The summed E-state index contributed by atoms with van der Waals surface area (Å²) in [5.41, 5.74) is 1.23. The van der Waals surface area contributed by atoms with Crippen molar-refractivity contribution in [2.75, 3.05) is 46.5 Å². The van der Waals surface area contributed by atoms with Gasteiger partial charge in [-0.1, -0.05) is 17.7 Å². The van der Waals surface area contributed by atoms with Gasteiger partial charge in [0.2, 0.25) is 0 Å². The average Bonchev–Trinajstić information content (AvgIpc) is 2.62. The summed E-state index contributed by atoms with van der Waals surface area (Å²) < 4.78 is 11.2. The molecule has 2 unspecified atom stereocenters. The summed E-state index contributed by atoms with van der Waals surface area (Å²) in [5, 5.41) is 6.69. The predicted octanol–water partition coefficient (Wildman–Crippen LogP) is 2.27. The smallest absolute Gasteiger partial charge is 0.191 e. The van der Waals surface area contributed by atoms with E-state index in [0.717, 1.165) is 38.0 Å². The van der Waals surface area contributed by atoms with Crippen molar-refractivity contribution in [3.05, 3.63) is 29.8 Å². The van der Waals surface area contributed by atoms with Crippen LogP contribution in [0.1, 0.15) is 19.4 Å². The molecule has 1 aromatic rings. The van der Waals surface area contributed by atoms with Crippen LogP contribution in [0.2, 0.25) is 0 Å². The fourth-order valence-electron chi connectivity index (χ4n) is 2.95. The first-order chi connectivity index (χ1) is 12.1. The Balaban J connectivity index is 0.00000338. The molecule has 1 aromatic carbocycles. The molecule has 0 amide bonds. The second kappa shape index (κ2) is 12.3. The number of nitrogens with zero attached hydrogens (tertiary/aromatic N) is 2. The van der Waals surface area contributed by atoms with Crippen LogP contribution in [0.25, 0.3) is 0 Å². The Hall–Kier alpha value is -1.06. The maximum absolute atomic E-state index is 5.72. The van der Waals surface area contributed by atoms with Gasteiger partial charge in [-0.05, 0) is 32.9 Å². The van der Waals surface area contributed by atoms with Crippen molar-refractivity contribution in [1.82, 2.24) is 15.5 Å². The van der Waals surface area contributed by atoms with Gasteiger partial charge < -0.3 is 20.1 Å². The summed E-state index contributed by atoms with van der Waals surface area (Å²) in [6.07, 6.45) is 0. The maximum atomic E-state index is 5.72. The number of rotatable bonds is 7. The van der Waals surface area contributed by atoms with Crippen LogP contribution in [0.4, 0.5) is 0 Å². The van der Waals surface area contributed by atoms with E-state index in [2.05, 4.69) is 53.4 Å². The molecule has 1 aliphatic heterocycles. The molecule has 2 N–H and O–H groups in total. The second-order valence-electron chi connectivity index (χ2n) is 6.55. The number of aryl methyl sites for hydroxylation is 1. The van der Waals surface area contributed by atoms with E-state index < -0.39 is 0 Å². The summed E-state index contributed by atoms with van der Waals surface area (Å²) in [6.45, 7) is 11.3. The third-order valence-corrected chi connectivity index (χ3v) is 4.46. The van der Waals surface area contributed by atoms with Crippen LogP contribution in [0.5, 0.6) is 5.75 Å². The molecule has 26 heavy (non-hydrogen) atoms. The van der Waals surface area contributed by atoms with E-state index in [0.29, 0.717) is 25.2 Å². The van der Waals surface area contributed by atoms with Gasteiger partial charge in [0.25, 0.3) is 0 Å². The zero-order valence-corrected chi connectivity index (χ0v) is 18.7. The molecule has 1 aliphatic rings. The summed E-state index contributed by atoms with van der Waals surface area (Å²) >= 11 is 0. The number of benzene rings is 1. The van der Waals surface area contributed by atoms with Crippen molar-refractivity contribution in [2.45, 2.75) is 32.9 Å². The molecule has 1 fully saturated rings. The van der Waals surface area contributed by atoms with Crippen molar-refractivity contribution in [2.24, 2.45) is 4.99 Å². The van der Waals surface area contributed by atoms with Gasteiger partial charge in [-0.25, -0.2) is 0 Å². The van der Waals surface area contributed by atoms with Crippen molar-refractivity contribution < 1.29 is 9.47 Å². The number of hydrogen-bond acceptors (Lipinski definition) is 4. The zero-order chi connectivity index (χ0) is 18.1. The number of guanidine groups is 1. The lowest BCUT2D eigenvalue weighted by Gasteiger charge is -2.38. The number of hydrogen-bond donors (Lipinski definition) is 2. The van der Waals surface area contributed by atoms with Crippen LogP contribution in [-0.4, -0.2) is 69.4 Å². The monoisotopic (exact) mass is 476 g/mol. The van der Waals surface area contributed by atoms with Crippen molar-refractivity contribution in [1.29, 1.82) is 0 Å².